The average Bonchev–Trinajstić information content (AvgIpc) is 2.66. The molecule has 0 aliphatic carbocycles. The van der Waals surface area contributed by atoms with Crippen molar-refractivity contribution < 1.29 is 9.52 Å². The van der Waals surface area contributed by atoms with Crippen molar-refractivity contribution in [2.24, 2.45) is 5.73 Å². The van der Waals surface area contributed by atoms with Crippen LogP contribution in [0.1, 0.15) is 25.4 Å². The van der Waals surface area contributed by atoms with E-state index in [4.69, 9.17) is 10.2 Å². The highest BCUT2D eigenvalue weighted by Crippen LogP contribution is 2.19. The molecule has 4 heteroatoms. The molecule has 0 fully saturated rings. The lowest BCUT2D eigenvalue weighted by atomic mass is 10.1. The van der Waals surface area contributed by atoms with Crippen LogP contribution in [0.15, 0.2) is 16.5 Å². The van der Waals surface area contributed by atoms with Gasteiger partial charge in [0.05, 0.1) is 11.4 Å². The Balaban J connectivity index is 2.31. The van der Waals surface area contributed by atoms with Crippen molar-refractivity contribution in [2.75, 3.05) is 12.3 Å². The van der Waals surface area contributed by atoms with Gasteiger partial charge in [-0.15, -0.1) is 0 Å². The molecule has 0 radical (unpaired) electrons. The topological polar surface area (TPSA) is 59.4 Å². The van der Waals surface area contributed by atoms with Gasteiger partial charge in [0.1, 0.15) is 11.5 Å². The van der Waals surface area contributed by atoms with Gasteiger partial charge in [0, 0.05) is 18.7 Å². The Morgan fingerprint density at radius 3 is 2.67 bits per heavy atom. The van der Waals surface area contributed by atoms with E-state index in [0.29, 0.717) is 12.3 Å². The van der Waals surface area contributed by atoms with Crippen molar-refractivity contribution in [3.05, 3.63) is 23.7 Å². The second kappa shape index (κ2) is 5.58. The summed E-state index contributed by atoms with van der Waals surface area (Å²) in [6.45, 7) is 4.10. The zero-order chi connectivity index (χ0) is 11.3. The Kier molecular flexibility index (Phi) is 4.70. The van der Waals surface area contributed by atoms with Crippen molar-refractivity contribution in [1.82, 2.24) is 0 Å². The van der Waals surface area contributed by atoms with Gasteiger partial charge in [0.15, 0.2) is 0 Å². The van der Waals surface area contributed by atoms with Crippen molar-refractivity contribution in [3.63, 3.8) is 0 Å². The quantitative estimate of drug-likeness (QED) is 0.780. The van der Waals surface area contributed by atoms with Crippen LogP contribution in [0, 0.1) is 0 Å². The molecule has 86 valence electrons. The molecule has 0 aromatic carbocycles. The van der Waals surface area contributed by atoms with Gasteiger partial charge < -0.3 is 15.3 Å². The molecule has 1 unspecified atom stereocenters. The first kappa shape index (κ1) is 12.6. The molecule has 0 aliphatic heterocycles. The molecule has 3 N–H and O–H groups in total. The fourth-order valence-corrected chi connectivity index (χ4v) is 2.14. The van der Waals surface area contributed by atoms with Crippen LogP contribution in [-0.2, 0) is 12.2 Å². The van der Waals surface area contributed by atoms with Crippen LogP contribution in [0.3, 0.4) is 0 Å². The zero-order valence-electron chi connectivity index (χ0n) is 9.32. The Bertz CT molecular complexity index is 297. The maximum absolute atomic E-state index is 9.68. The summed E-state index contributed by atoms with van der Waals surface area (Å²) >= 11 is 1.64. The minimum absolute atomic E-state index is 0.290. The van der Waals surface area contributed by atoms with Crippen molar-refractivity contribution in [1.29, 1.82) is 0 Å². The first-order valence-corrected chi connectivity index (χ1v) is 6.30. The van der Waals surface area contributed by atoms with Gasteiger partial charge in [0.2, 0.25) is 0 Å². The average molecular weight is 229 g/mol. The van der Waals surface area contributed by atoms with Crippen LogP contribution in [0.2, 0.25) is 0 Å². The minimum Gasteiger partial charge on any atom is -0.465 e. The SMILES string of the molecule is CCc1ccc(CSCC(C)(O)CN)o1. The second-order valence-electron chi connectivity index (χ2n) is 3.92. The summed E-state index contributed by atoms with van der Waals surface area (Å²) in [6.07, 6.45) is 0.922. The highest BCUT2D eigenvalue weighted by atomic mass is 32.2. The van der Waals surface area contributed by atoms with Gasteiger partial charge in [-0.1, -0.05) is 6.92 Å². The standard InChI is InChI=1S/C11H19NO2S/c1-3-9-4-5-10(14-9)6-15-8-11(2,13)7-12/h4-5,13H,3,6-8,12H2,1-2H3. The molecule has 0 bridgehead atoms. The summed E-state index contributed by atoms with van der Waals surface area (Å²) in [7, 11) is 0. The lowest BCUT2D eigenvalue weighted by molar-refractivity contribution is 0.0949. The fraction of sp³-hybridized carbons (Fsp3) is 0.636. The number of hydrogen-bond donors (Lipinski definition) is 2. The molecule has 0 saturated carbocycles. The van der Waals surface area contributed by atoms with Crippen LogP contribution in [-0.4, -0.2) is 23.0 Å². The first-order valence-electron chi connectivity index (χ1n) is 5.15. The molecular weight excluding hydrogens is 210 g/mol. The van der Waals surface area contributed by atoms with E-state index in [1.807, 2.05) is 12.1 Å². The largest absolute Gasteiger partial charge is 0.465 e. The molecule has 1 aromatic heterocycles. The minimum atomic E-state index is -0.773. The van der Waals surface area contributed by atoms with Gasteiger partial charge in [-0.2, -0.15) is 11.8 Å². The molecule has 0 spiro atoms. The number of aliphatic hydroxyl groups is 1. The van der Waals surface area contributed by atoms with Crippen molar-refractivity contribution >= 4 is 11.8 Å². The second-order valence-corrected chi connectivity index (χ2v) is 4.90. The third kappa shape index (κ3) is 4.28. The summed E-state index contributed by atoms with van der Waals surface area (Å²) in [6, 6.07) is 3.99. The van der Waals surface area contributed by atoms with Crippen LogP contribution in [0.25, 0.3) is 0 Å². The van der Waals surface area contributed by atoms with Gasteiger partial charge in [0.25, 0.3) is 0 Å². The summed E-state index contributed by atoms with van der Waals surface area (Å²) in [5, 5.41) is 9.68. The van der Waals surface area contributed by atoms with E-state index >= 15 is 0 Å². The van der Waals surface area contributed by atoms with Gasteiger partial charge in [-0.25, -0.2) is 0 Å². The van der Waals surface area contributed by atoms with Crippen molar-refractivity contribution in [3.8, 4) is 0 Å². The summed E-state index contributed by atoms with van der Waals surface area (Å²) < 4.78 is 5.55. The Labute approximate surface area is 95.0 Å². The summed E-state index contributed by atoms with van der Waals surface area (Å²) in [4.78, 5) is 0. The fourth-order valence-electron chi connectivity index (χ4n) is 1.12. The van der Waals surface area contributed by atoms with Crippen LogP contribution in [0.5, 0.6) is 0 Å². The molecule has 1 atom stereocenters. The van der Waals surface area contributed by atoms with Crippen LogP contribution < -0.4 is 5.73 Å². The number of furan rings is 1. The summed E-state index contributed by atoms with van der Waals surface area (Å²) in [5.74, 6) is 3.39. The molecule has 0 saturated heterocycles. The van der Waals surface area contributed by atoms with E-state index in [1.54, 1.807) is 18.7 Å². The molecule has 1 rings (SSSR count). The van der Waals surface area contributed by atoms with E-state index in [1.165, 1.54) is 0 Å². The zero-order valence-corrected chi connectivity index (χ0v) is 10.1. The molecule has 3 nitrogen and oxygen atoms in total. The number of hydrogen-bond acceptors (Lipinski definition) is 4. The summed E-state index contributed by atoms with van der Waals surface area (Å²) in [5.41, 5.74) is 4.65. The number of thioether (sulfide) groups is 1. The highest BCUT2D eigenvalue weighted by Gasteiger charge is 2.17. The van der Waals surface area contributed by atoms with E-state index in [0.717, 1.165) is 23.7 Å². The van der Waals surface area contributed by atoms with E-state index in [2.05, 4.69) is 6.92 Å². The third-order valence-corrected chi connectivity index (χ3v) is 3.48. The van der Waals surface area contributed by atoms with E-state index in [9.17, 15) is 5.11 Å². The number of aryl methyl sites for hydroxylation is 1. The highest BCUT2D eigenvalue weighted by molar-refractivity contribution is 7.98. The molecule has 15 heavy (non-hydrogen) atoms. The van der Waals surface area contributed by atoms with Crippen LogP contribution in [0.4, 0.5) is 0 Å². The molecule has 0 amide bonds. The Hall–Kier alpha value is -0.450. The van der Waals surface area contributed by atoms with Gasteiger partial charge >= 0.3 is 0 Å². The first-order chi connectivity index (χ1) is 7.07. The van der Waals surface area contributed by atoms with E-state index in [-0.39, 0.29) is 0 Å². The number of rotatable bonds is 6. The van der Waals surface area contributed by atoms with E-state index < -0.39 is 5.60 Å². The predicted octanol–water partition coefficient (Wildman–Crippen LogP) is 1.78. The Morgan fingerprint density at radius 1 is 1.47 bits per heavy atom. The molecule has 0 aliphatic rings. The van der Waals surface area contributed by atoms with Gasteiger partial charge in [-0.05, 0) is 19.1 Å². The molecular formula is C11H19NO2S. The molecule has 1 heterocycles. The third-order valence-electron chi connectivity index (χ3n) is 2.16. The predicted molar refractivity (Wildman–Crippen MR) is 63.9 cm³/mol. The van der Waals surface area contributed by atoms with Crippen LogP contribution >= 0.6 is 11.8 Å². The smallest absolute Gasteiger partial charge is 0.114 e. The lowest BCUT2D eigenvalue weighted by Crippen LogP contribution is -2.36. The number of nitrogens with two attached hydrogens (primary N) is 1. The van der Waals surface area contributed by atoms with Gasteiger partial charge in [-0.3, -0.25) is 0 Å². The Morgan fingerprint density at radius 2 is 2.13 bits per heavy atom. The maximum Gasteiger partial charge on any atom is 0.114 e. The normalized spacial score (nSPS) is 15.2. The van der Waals surface area contributed by atoms with Crippen molar-refractivity contribution in [2.45, 2.75) is 31.6 Å². The monoisotopic (exact) mass is 229 g/mol. The molecule has 1 aromatic rings. The maximum atomic E-state index is 9.68. The lowest BCUT2D eigenvalue weighted by Gasteiger charge is -2.19.